The minimum atomic E-state index is 0.347. The summed E-state index contributed by atoms with van der Waals surface area (Å²) in [5.74, 6) is 2.60. The van der Waals surface area contributed by atoms with E-state index in [1.54, 1.807) is 6.07 Å². The first-order valence-corrected chi connectivity index (χ1v) is 9.31. The lowest BCUT2D eigenvalue weighted by Gasteiger charge is -2.37. The number of benzene rings is 2. The molecule has 0 aliphatic heterocycles. The van der Waals surface area contributed by atoms with E-state index in [2.05, 4.69) is 43.3 Å². The monoisotopic (exact) mass is 318 g/mol. The van der Waals surface area contributed by atoms with Crippen LogP contribution in [0.3, 0.4) is 0 Å². The average Bonchev–Trinajstić information content (AvgIpc) is 2.74. The Kier molecular flexibility index (Phi) is 4.18. The summed E-state index contributed by atoms with van der Waals surface area (Å²) in [7, 11) is 0. The molecule has 0 bridgehead atoms. The van der Waals surface area contributed by atoms with Gasteiger partial charge in [-0.3, -0.25) is 0 Å². The van der Waals surface area contributed by atoms with Crippen molar-refractivity contribution in [3.05, 3.63) is 65.2 Å². The lowest BCUT2D eigenvalue weighted by atomic mass is 9.68. The van der Waals surface area contributed by atoms with Crippen LogP contribution in [0.25, 0.3) is 11.6 Å². The zero-order valence-electron chi connectivity index (χ0n) is 14.4. The number of hydrogen-bond donors (Lipinski definition) is 1. The summed E-state index contributed by atoms with van der Waals surface area (Å²) in [6.07, 6.45) is 8.84. The number of rotatable bonds is 1. The van der Waals surface area contributed by atoms with Crippen molar-refractivity contribution in [1.29, 1.82) is 0 Å². The second kappa shape index (κ2) is 6.47. The van der Waals surface area contributed by atoms with Gasteiger partial charge in [0.25, 0.3) is 0 Å². The molecule has 0 amide bonds. The number of aryl methyl sites for hydroxylation is 1. The summed E-state index contributed by atoms with van der Waals surface area (Å²) in [5, 5.41) is 9.84. The van der Waals surface area contributed by atoms with Gasteiger partial charge in [-0.1, -0.05) is 62.2 Å². The van der Waals surface area contributed by atoms with Crippen LogP contribution in [0.4, 0.5) is 0 Å². The Hall–Kier alpha value is -2.02. The van der Waals surface area contributed by atoms with E-state index < -0.39 is 0 Å². The molecule has 4 rings (SSSR count). The topological polar surface area (TPSA) is 20.2 Å². The van der Waals surface area contributed by atoms with Crippen molar-refractivity contribution in [2.75, 3.05) is 0 Å². The van der Waals surface area contributed by atoms with E-state index in [1.165, 1.54) is 48.8 Å². The molecule has 1 fully saturated rings. The summed E-state index contributed by atoms with van der Waals surface area (Å²) < 4.78 is 0. The Morgan fingerprint density at radius 3 is 2.75 bits per heavy atom. The zero-order valence-corrected chi connectivity index (χ0v) is 14.4. The number of hydrogen-bond acceptors (Lipinski definition) is 1. The molecular weight excluding hydrogens is 292 g/mol. The van der Waals surface area contributed by atoms with Crippen LogP contribution in [-0.2, 0) is 6.42 Å². The molecule has 2 aromatic carbocycles. The lowest BCUT2D eigenvalue weighted by molar-refractivity contribution is 0.197. The van der Waals surface area contributed by atoms with Crippen molar-refractivity contribution < 1.29 is 5.11 Å². The van der Waals surface area contributed by atoms with Gasteiger partial charge >= 0.3 is 0 Å². The third kappa shape index (κ3) is 2.88. The van der Waals surface area contributed by atoms with Crippen molar-refractivity contribution in [2.24, 2.45) is 17.8 Å². The number of phenols is 1. The van der Waals surface area contributed by atoms with E-state index in [-0.39, 0.29) is 0 Å². The first-order valence-electron chi connectivity index (χ1n) is 9.31. The van der Waals surface area contributed by atoms with Crippen LogP contribution in [-0.4, -0.2) is 5.11 Å². The first-order chi connectivity index (χ1) is 11.7. The normalized spacial score (nSPS) is 28.0. The summed E-state index contributed by atoms with van der Waals surface area (Å²) in [6.45, 7) is 2.44. The summed E-state index contributed by atoms with van der Waals surface area (Å²) in [5.41, 5.74) is 5.52. The summed E-state index contributed by atoms with van der Waals surface area (Å²) >= 11 is 0. The number of aromatic hydroxyl groups is 1. The van der Waals surface area contributed by atoms with Crippen LogP contribution >= 0.6 is 0 Å². The van der Waals surface area contributed by atoms with E-state index in [0.29, 0.717) is 11.7 Å². The smallest absolute Gasteiger partial charge is 0.116 e. The second-order valence-corrected chi connectivity index (χ2v) is 7.57. The van der Waals surface area contributed by atoms with E-state index in [0.717, 1.165) is 17.4 Å². The molecule has 3 unspecified atom stereocenters. The zero-order chi connectivity index (χ0) is 16.5. The van der Waals surface area contributed by atoms with E-state index in [1.807, 2.05) is 12.1 Å². The Morgan fingerprint density at radius 2 is 1.88 bits per heavy atom. The van der Waals surface area contributed by atoms with Crippen molar-refractivity contribution in [3.8, 4) is 5.75 Å². The fourth-order valence-corrected chi connectivity index (χ4v) is 4.88. The van der Waals surface area contributed by atoms with Gasteiger partial charge in [-0.05, 0) is 71.4 Å². The van der Waals surface area contributed by atoms with Gasteiger partial charge in [-0.25, -0.2) is 0 Å². The van der Waals surface area contributed by atoms with Gasteiger partial charge in [0.05, 0.1) is 0 Å². The van der Waals surface area contributed by atoms with Crippen LogP contribution in [0, 0.1) is 17.8 Å². The first kappa shape index (κ1) is 15.5. The van der Waals surface area contributed by atoms with E-state index >= 15 is 0 Å². The fourth-order valence-electron chi connectivity index (χ4n) is 4.88. The molecular formula is C23H26O. The molecule has 1 heteroatoms. The van der Waals surface area contributed by atoms with Gasteiger partial charge < -0.3 is 5.11 Å². The van der Waals surface area contributed by atoms with Crippen LogP contribution in [0.5, 0.6) is 5.75 Å². The fraction of sp³-hybridized carbons (Fsp3) is 0.391. The Morgan fingerprint density at radius 1 is 1.00 bits per heavy atom. The molecule has 2 aliphatic rings. The Bertz CT molecular complexity index is 758. The van der Waals surface area contributed by atoms with Gasteiger partial charge in [0, 0.05) is 0 Å². The predicted octanol–water partition coefficient (Wildman–Crippen LogP) is 5.93. The molecule has 3 atom stereocenters. The molecule has 1 nitrogen and oxygen atoms in total. The minimum absolute atomic E-state index is 0.347. The van der Waals surface area contributed by atoms with E-state index in [9.17, 15) is 5.11 Å². The molecule has 0 radical (unpaired) electrons. The van der Waals surface area contributed by atoms with E-state index in [4.69, 9.17) is 0 Å². The number of fused-ring (bicyclic) bond motifs is 2. The van der Waals surface area contributed by atoms with Crippen molar-refractivity contribution in [1.82, 2.24) is 0 Å². The van der Waals surface area contributed by atoms with Crippen LogP contribution in [0.15, 0.2) is 48.5 Å². The van der Waals surface area contributed by atoms with Crippen molar-refractivity contribution >= 4 is 11.6 Å². The lowest BCUT2D eigenvalue weighted by Crippen LogP contribution is -2.26. The highest BCUT2D eigenvalue weighted by atomic mass is 16.3. The Labute approximate surface area is 145 Å². The second-order valence-electron chi connectivity index (χ2n) is 7.57. The van der Waals surface area contributed by atoms with Gasteiger partial charge in [0.2, 0.25) is 0 Å². The molecule has 1 N–H and O–H groups in total. The molecule has 2 aromatic rings. The summed E-state index contributed by atoms with van der Waals surface area (Å²) in [6, 6.07) is 16.6. The summed E-state index contributed by atoms with van der Waals surface area (Å²) in [4.78, 5) is 0. The maximum Gasteiger partial charge on any atom is 0.116 e. The molecule has 1 saturated carbocycles. The van der Waals surface area contributed by atoms with Crippen LogP contribution in [0.2, 0.25) is 0 Å². The van der Waals surface area contributed by atoms with Gasteiger partial charge in [0.1, 0.15) is 5.75 Å². The SMILES string of the molecule is CC1CCCC2/C(=C\c3cccc(O)c3)c3ccccc3CCC12. The van der Waals surface area contributed by atoms with Gasteiger partial charge in [0.15, 0.2) is 0 Å². The average molecular weight is 318 g/mol. The predicted molar refractivity (Wildman–Crippen MR) is 101 cm³/mol. The van der Waals surface area contributed by atoms with Crippen molar-refractivity contribution in [2.45, 2.75) is 39.0 Å². The highest BCUT2D eigenvalue weighted by molar-refractivity contribution is 5.85. The van der Waals surface area contributed by atoms with Crippen molar-refractivity contribution in [3.63, 3.8) is 0 Å². The molecule has 0 aromatic heterocycles. The molecule has 124 valence electrons. The molecule has 0 heterocycles. The number of phenolic OH excluding ortho intramolecular Hbond substituents is 1. The van der Waals surface area contributed by atoms with Crippen LogP contribution < -0.4 is 0 Å². The van der Waals surface area contributed by atoms with Gasteiger partial charge in [-0.15, -0.1) is 0 Å². The highest BCUT2D eigenvalue weighted by Gasteiger charge is 2.35. The van der Waals surface area contributed by atoms with Gasteiger partial charge in [-0.2, -0.15) is 0 Å². The molecule has 24 heavy (non-hydrogen) atoms. The van der Waals surface area contributed by atoms with Crippen LogP contribution in [0.1, 0.15) is 49.3 Å². The quantitative estimate of drug-likeness (QED) is 0.690. The molecule has 0 spiro atoms. The maximum atomic E-state index is 9.84. The Balaban J connectivity index is 1.85. The highest BCUT2D eigenvalue weighted by Crippen LogP contribution is 2.48. The largest absolute Gasteiger partial charge is 0.508 e. The third-order valence-electron chi connectivity index (χ3n) is 6.09. The molecule has 0 saturated heterocycles. The maximum absolute atomic E-state index is 9.84. The number of allylic oxidation sites excluding steroid dienone is 1. The third-order valence-corrected chi connectivity index (χ3v) is 6.09. The minimum Gasteiger partial charge on any atom is -0.508 e. The standard InChI is InChI=1S/C23H26O/c1-16-6-4-11-22-20(16)13-12-18-8-2-3-10-21(18)23(22)15-17-7-5-9-19(24)14-17/h2-3,5,7-10,14-16,20,22,24H,4,6,11-13H2,1H3/b23-15-. The molecule has 2 aliphatic carbocycles.